The van der Waals surface area contributed by atoms with Crippen LogP contribution in [0.15, 0.2) is 35.1 Å². The van der Waals surface area contributed by atoms with E-state index in [-0.39, 0.29) is 5.60 Å². The van der Waals surface area contributed by atoms with Crippen molar-refractivity contribution in [2.24, 2.45) is 0 Å². The van der Waals surface area contributed by atoms with Gasteiger partial charge in [0.2, 0.25) is 6.39 Å². The Balaban J connectivity index is 1.16. The Kier molecular flexibility index (Phi) is 4.28. The van der Waals surface area contributed by atoms with E-state index >= 15 is 0 Å². The van der Waals surface area contributed by atoms with Gasteiger partial charge in [0.25, 0.3) is 0 Å². The molecule has 0 aliphatic carbocycles. The lowest BCUT2D eigenvalue weighted by atomic mass is 9.86. The summed E-state index contributed by atoms with van der Waals surface area (Å²) in [7, 11) is 1.76. The average molecular weight is 370 g/mol. The molecule has 7 heteroatoms. The van der Waals surface area contributed by atoms with E-state index in [0.717, 1.165) is 45.0 Å². The van der Waals surface area contributed by atoms with Crippen LogP contribution in [0.2, 0.25) is 0 Å². The summed E-state index contributed by atoms with van der Waals surface area (Å²) in [6.45, 7) is 4.78. The summed E-state index contributed by atoms with van der Waals surface area (Å²) in [5.74, 6) is 1.61. The number of hydrogen-bond donors (Lipinski definition) is 0. The van der Waals surface area contributed by atoms with Gasteiger partial charge in [-0.15, -0.1) is 5.10 Å². The zero-order valence-electron chi connectivity index (χ0n) is 15.7. The molecular weight excluding hydrogens is 344 g/mol. The van der Waals surface area contributed by atoms with Crippen LogP contribution in [0.1, 0.15) is 30.7 Å². The molecule has 0 bridgehead atoms. The standard InChI is InChI=1S/C20H26N4O3/c1-25-18-5-3-2-4-17(18)15-6-8-23(9-7-15)16-10-20(27-11-16)12-24(13-20)19-22-21-14-26-19/h2-5,14-16H,6-13H2,1H3. The smallest absolute Gasteiger partial charge is 0.318 e. The molecule has 3 fully saturated rings. The number of methoxy groups -OCH3 is 1. The highest BCUT2D eigenvalue weighted by Crippen LogP contribution is 2.40. The normalized spacial score (nSPS) is 25.7. The molecule has 27 heavy (non-hydrogen) atoms. The van der Waals surface area contributed by atoms with Crippen LogP contribution in [0.4, 0.5) is 6.01 Å². The molecule has 144 valence electrons. The molecule has 1 atom stereocenters. The predicted molar refractivity (Wildman–Crippen MR) is 100 cm³/mol. The number of likely N-dealkylation sites (tertiary alicyclic amines) is 1. The molecular formula is C20H26N4O3. The molecule has 0 amide bonds. The first kappa shape index (κ1) is 17.0. The average Bonchev–Trinajstić information content (AvgIpc) is 3.37. The van der Waals surface area contributed by atoms with E-state index < -0.39 is 0 Å². The van der Waals surface area contributed by atoms with Gasteiger partial charge in [-0.1, -0.05) is 23.3 Å². The molecule has 3 saturated heterocycles. The second-order valence-corrected chi connectivity index (χ2v) is 7.98. The third-order valence-electron chi connectivity index (χ3n) is 6.39. The first-order chi connectivity index (χ1) is 13.3. The van der Waals surface area contributed by atoms with Crippen molar-refractivity contribution >= 4 is 6.01 Å². The summed E-state index contributed by atoms with van der Waals surface area (Å²) >= 11 is 0. The molecule has 5 rings (SSSR count). The predicted octanol–water partition coefficient (Wildman–Crippen LogP) is 2.31. The molecule has 1 aromatic carbocycles. The zero-order chi connectivity index (χ0) is 18.3. The number of anilines is 1. The number of benzene rings is 1. The van der Waals surface area contributed by atoms with Crippen molar-refractivity contribution in [3.63, 3.8) is 0 Å². The van der Waals surface area contributed by atoms with Crippen LogP contribution in [-0.4, -0.2) is 66.6 Å². The third-order valence-corrected chi connectivity index (χ3v) is 6.39. The SMILES string of the molecule is COc1ccccc1C1CCN(C2COC3(C2)CN(c2nnco2)C3)CC1. The molecule has 4 heterocycles. The number of aromatic nitrogens is 2. The van der Waals surface area contributed by atoms with Gasteiger partial charge in [-0.2, -0.15) is 0 Å². The van der Waals surface area contributed by atoms with Gasteiger partial charge in [0, 0.05) is 6.04 Å². The van der Waals surface area contributed by atoms with Gasteiger partial charge in [-0.25, -0.2) is 0 Å². The summed E-state index contributed by atoms with van der Waals surface area (Å²) in [6.07, 6.45) is 4.83. The van der Waals surface area contributed by atoms with Crippen molar-refractivity contribution in [2.45, 2.75) is 36.8 Å². The molecule has 1 spiro atoms. The Morgan fingerprint density at radius 2 is 2.00 bits per heavy atom. The fourth-order valence-corrected chi connectivity index (χ4v) is 4.94. The Hall–Kier alpha value is -2.12. The highest BCUT2D eigenvalue weighted by Gasteiger charge is 2.52. The lowest BCUT2D eigenvalue weighted by Gasteiger charge is -2.46. The minimum Gasteiger partial charge on any atom is -0.496 e. The van der Waals surface area contributed by atoms with Crippen molar-refractivity contribution in [1.82, 2.24) is 15.1 Å². The minimum absolute atomic E-state index is 0.0291. The van der Waals surface area contributed by atoms with E-state index in [1.807, 2.05) is 6.07 Å². The summed E-state index contributed by atoms with van der Waals surface area (Å²) in [5.41, 5.74) is 1.33. The van der Waals surface area contributed by atoms with Gasteiger partial charge in [-0.3, -0.25) is 4.90 Å². The fourth-order valence-electron chi connectivity index (χ4n) is 4.94. The maximum absolute atomic E-state index is 6.23. The second kappa shape index (κ2) is 6.80. The summed E-state index contributed by atoms with van der Waals surface area (Å²) in [6, 6.07) is 9.57. The second-order valence-electron chi connectivity index (χ2n) is 7.98. The Bertz CT molecular complexity index is 767. The Morgan fingerprint density at radius 3 is 2.74 bits per heavy atom. The van der Waals surface area contributed by atoms with Crippen molar-refractivity contribution in [3.05, 3.63) is 36.2 Å². The molecule has 3 aliphatic heterocycles. The van der Waals surface area contributed by atoms with Gasteiger partial charge >= 0.3 is 6.01 Å². The van der Waals surface area contributed by atoms with Crippen LogP contribution in [0.5, 0.6) is 5.75 Å². The monoisotopic (exact) mass is 370 g/mol. The topological polar surface area (TPSA) is 63.9 Å². The first-order valence-corrected chi connectivity index (χ1v) is 9.78. The fraction of sp³-hybridized carbons (Fsp3) is 0.600. The van der Waals surface area contributed by atoms with Crippen molar-refractivity contribution < 1.29 is 13.9 Å². The third kappa shape index (κ3) is 3.08. The molecule has 0 radical (unpaired) electrons. The number of para-hydroxylation sites is 1. The van der Waals surface area contributed by atoms with Crippen molar-refractivity contribution in [1.29, 1.82) is 0 Å². The van der Waals surface area contributed by atoms with Crippen molar-refractivity contribution in [2.75, 3.05) is 44.8 Å². The van der Waals surface area contributed by atoms with Crippen LogP contribution in [0, 0.1) is 0 Å². The number of piperidine rings is 1. The lowest BCUT2D eigenvalue weighted by molar-refractivity contribution is -0.0216. The van der Waals surface area contributed by atoms with Crippen LogP contribution in [-0.2, 0) is 4.74 Å². The molecule has 1 unspecified atom stereocenters. The molecule has 1 aromatic heterocycles. The van der Waals surface area contributed by atoms with Crippen molar-refractivity contribution in [3.8, 4) is 5.75 Å². The largest absolute Gasteiger partial charge is 0.496 e. The van der Waals surface area contributed by atoms with Gasteiger partial charge in [-0.05, 0) is 49.9 Å². The van der Waals surface area contributed by atoms with Gasteiger partial charge in [0.1, 0.15) is 11.4 Å². The molecule has 7 nitrogen and oxygen atoms in total. The number of hydrogen-bond acceptors (Lipinski definition) is 7. The first-order valence-electron chi connectivity index (χ1n) is 9.78. The number of nitrogens with zero attached hydrogens (tertiary/aromatic N) is 4. The van der Waals surface area contributed by atoms with Crippen LogP contribution < -0.4 is 9.64 Å². The summed E-state index contributed by atoms with van der Waals surface area (Å²) in [4.78, 5) is 4.72. The maximum Gasteiger partial charge on any atom is 0.318 e. The van der Waals surface area contributed by atoms with E-state index in [1.54, 1.807) is 7.11 Å². The Labute approximate surface area is 159 Å². The molecule has 2 aromatic rings. The van der Waals surface area contributed by atoms with E-state index in [2.05, 4.69) is 38.2 Å². The lowest BCUT2D eigenvalue weighted by Crippen LogP contribution is -2.62. The van der Waals surface area contributed by atoms with E-state index in [1.165, 1.54) is 24.8 Å². The molecule has 0 saturated carbocycles. The molecule has 0 N–H and O–H groups in total. The molecule has 3 aliphatic rings. The maximum atomic E-state index is 6.23. The van der Waals surface area contributed by atoms with E-state index in [0.29, 0.717) is 18.0 Å². The van der Waals surface area contributed by atoms with Crippen LogP contribution in [0.3, 0.4) is 0 Å². The number of rotatable bonds is 4. The number of ether oxygens (including phenoxy) is 2. The van der Waals surface area contributed by atoms with E-state index in [9.17, 15) is 0 Å². The highest BCUT2D eigenvalue weighted by atomic mass is 16.5. The van der Waals surface area contributed by atoms with Gasteiger partial charge < -0.3 is 18.8 Å². The quantitative estimate of drug-likeness (QED) is 0.818. The van der Waals surface area contributed by atoms with E-state index in [4.69, 9.17) is 13.9 Å². The zero-order valence-corrected chi connectivity index (χ0v) is 15.7. The van der Waals surface area contributed by atoms with Crippen LogP contribution >= 0.6 is 0 Å². The Morgan fingerprint density at radius 1 is 1.19 bits per heavy atom. The highest BCUT2D eigenvalue weighted by molar-refractivity contribution is 5.37. The van der Waals surface area contributed by atoms with Gasteiger partial charge in [0.05, 0.1) is 26.8 Å². The van der Waals surface area contributed by atoms with Crippen LogP contribution in [0.25, 0.3) is 0 Å². The summed E-state index contributed by atoms with van der Waals surface area (Å²) < 4.78 is 17.1. The van der Waals surface area contributed by atoms with Gasteiger partial charge in [0.15, 0.2) is 0 Å². The summed E-state index contributed by atoms with van der Waals surface area (Å²) in [5, 5.41) is 7.74. The minimum atomic E-state index is -0.0291.